The summed E-state index contributed by atoms with van der Waals surface area (Å²) in [5.74, 6) is 1.31. The molecule has 0 saturated carbocycles. The molecule has 0 atom stereocenters. The van der Waals surface area contributed by atoms with Gasteiger partial charge in [-0.25, -0.2) is 4.98 Å². The highest BCUT2D eigenvalue weighted by atomic mass is 16.2. The van der Waals surface area contributed by atoms with Crippen molar-refractivity contribution in [1.82, 2.24) is 14.9 Å². The van der Waals surface area contributed by atoms with E-state index < -0.39 is 0 Å². The SMILES string of the molecule is CCN(C)C(=O)CNc1ccnc(N(C)C)n1. The van der Waals surface area contributed by atoms with Gasteiger partial charge in [-0.05, 0) is 13.0 Å². The van der Waals surface area contributed by atoms with Crippen molar-refractivity contribution in [3.63, 3.8) is 0 Å². The van der Waals surface area contributed by atoms with Crippen molar-refractivity contribution in [2.75, 3.05) is 44.4 Å². The van der Waals surface area contributed by atoms with Crippen LogP contribution in [0.3, 0.4) is 0 Å². The number of hydrogen-bond acceptors (Lipinski definition) is 5. The van der Waals surface area contributed by atoms with Gasteiger partial charge in [0.15, 0.2) is 0 Å². The van der Waals surface area contributed by atoms with Gasteiger partial charge in [0.05, 0.1) is 6.54 Å². The summed E-state index contributed by atoms with van der Waals surface area (Å²) in [6.07, 6.45) is 1.67. The third kappa shape index (κ3) is 3.90. The highest BCUT2D eigenvalue weighted by Crippen LogP contribution is 2.07. The first-order valence-corrected chi connectivity index (χ1v) is 5.52. The summed E-state index contributed by atoms with van der Waals surface area (Å²) in [5, 5.41) is 2.99. The second kappa shape index (κ2) is 6.03. The van der Waals surface area contributed by atoms with E-state index >= 15 is 0 Å². The van der Waals surface area contributed by atoms with E-state index in [1.165, 1.54) is 0 Å². The normalized spacial score (nSPS) is 9.88. The van der Waals surface area contributed by atoms with E-state index in [0.717, 1.165) is 0 Å². The number of nitrogens with one attached hydrogen (secondary N) is 1. The zero-order chi connectivity index (χ0) is 12.8. The molecule has 0 aliphatic rings. The van der Waals surface area contributed by atoms with Crippen molar-refractivity contribution < 1.29 is 4.79 Å². The van der Waals surface area contributed by atoms with Gasteiger partial charge in [0.25, 0.3) is 0 Å². The van der Waals surface area contributed by atoms with Crippen LogP contribution in [0.15, 0.2) is 12.3 Å². The molecule has 0 aliphatic heterocycles. The average molecular weight is 237 g/mol. The summed E-state index contributed by atoms with van der Waals surface area (Å²) in [6, 6.07) is 1.74. The first-order chi connectivity index (χ1) is 8.04. The number of rotatable bonds is 5. The Morgan fingerprint density at radius 1 is 1.41 bits per heavy atom. The molecule has 1 aromatic rings. The van der Waals surface area contributed by atoms with Gasteiger partial charge >= 0.3 is 0 Å². The smallest absolute Gasteiger partial charge is 0.241 e. The van der Waals surface area contributed by atoms with E-state index in [4.69, 9.17) is 0 Å². The Labute approximate surface area is 102 Å². The molecule has 1 amide bonds. The summed E-state index contributed by atoms with van der Waals surface area (Å²) in [6.45, 7) is 2.88. The molecule has 0 spiro atoms. The molecule has 1 aromatic heterocycles. The molecule has 6 nitrogen and oxygen atoms in total. The Kier molecular flexibility index (Phi) is 4.68. The molecular formula is C11H19N5O. The molecule has 0 aromatic carbocycles. The number of carbonyl (C=O) groups is 1. The third-order valence-electron chi connectivity index (χ3n) is 2.36. The Hall–Kier alpha value is -1.85. The number of nitrogens with zero attached hydrogens (tertiary/aromatic N) is 4. The highest BCUT2D eigenvalue weighted by molar-refractivity contribution is 5.80. The molecule has 0 aliphatic carbocycles. The van der Waals surface area contributed by atoms with Gasteiger partial charge in [-0.1, -0.05) is 0 Å². The van der Waals surface area contributed by atoms with Crippen LogP contribution in [0.2, 0.25) is 0 Å². The summed E-state index contributed by atoms with van der Waals surface area (Å²) in [7, 11) is 5.51. The molecule has 0 fully saturated rings. The van der Waals surface area contributed by atoms with Crippen molar-refractivity contribution in [2.45, 2.75) is 6.92 Å². The summed E-state index contributed by atoms with van der Waals surface area (Å²) < 4.78 is 0. The molecule has 1 rings (SSSR count). The molecule has 17 heavy (non-hydrogen) atoms. The van der Waals surface area contributed by atoms with Crippen LogP contribution in [0, 0.1) is 0 Å². The molecule has 6 heteroatoms. The number of carbonyl (C=O) groups excluding carboxylic acids is 1. The predicted octanol–water partition coefficient (Wildman–Crippen LogP) is 0.433. The zero-order valence-corrected chi connectivity index (χ0v) is 10.8. The first-order valence-electron chi connectivity index (χ1n) is 5.52. The fraction of sp³-hybridized carbons (Fsp3) is 0.545. The lowest BCUT2D eigenvalue weighted by molar-refractivity contribution is -0.127. The van der Waals surface area contributed by atoms with Crippen molar-refractivity contribution in [1.29, 1.82) is 0 Å². The molecule has 0 radical (unpaired) electrons. The maximum absolute atomic E-state index is 11.6. The lowest BCUT2D eigenvalue weighted by Gasteiger charge is -2.15. The van der Waals surface area contributed by atoms with Gasteiger partial charge in [-0.2, -0.15) is 4.98 Å². The molecule has 94 valence electrons. The van der Waals surface area contributed by atoms with E-state index in [1.54, 1.807) is 24.2 Å². The lowest BCUT2D eigenvalue weighted by Crippen LogP contribution is -2.32. The number of likely N-dealkylation sites (N-methyl/N-ethyl adjacent to an activating group) is 1. The number of anilines is 2. The first kappa shape index (κ1) is 13.2. The molecule has 0 saturated heterocycles. The Bertz CT molecular complexity index is 380. The zero-order valence-electron chi connectivity index (χ0n) is 10.8. The van der Waals surface area contributed by atoms with Crippen LogP contribution in [-0.4, -0.2) is 55.0 Å². The van der Waals surface area contributed by atoms with E-state index in [0.29, 0.717) is 18.3 Å². The fourth-order valence-corrected chi connectivity index (χ4v) is 1.14. The van der Waals surface area contributed by atoms with Crippen LogP contribution in [0.4, 0.5) is 11.8 Å². The highest BCUT2D eigenvalue weighted by Gasteiger charge is 2.07. The minimum atomic E-state index is 0.0394. The largest absolute Gasteiger partial charge is 0.361 e. The van der Waals surface area contributed by atoms with E-state index in [2.05, 4.69) is 15.3 Å². The van der Waals surface area contributed by atoms with Crippen LogP contribution < -0.4 is 10.2 Å². The van der Waals surface area contributed by atoms with Gasteiger partial charge < -0.3 is 15.1 Å². The van der Waals surface area contributed by atoms with Crippen LogP contribution in [0.5, 0.6) is 0 Å². The molecule has 0 bridgehead atoms. The second-order valence-electron chi connectivity index (χ2n) is 3.90. The quantitative estimate of drug-likeness (QED) is 0.805. The second-order valence-corrected chi connectivity index (χ2v) is 3.90. The van der Waals surface area contributed by atoms with Gasteiger partial charge in [0, 0.05) is 33.9 Å². The minimum absolute atomic E-state index is 0.0394. The summed E-state index contributed by atoms with van der Waals surface area (Å²) >= 11 is 0. The number of amides is 1. The van der Waals surface area contributed by atoms with Crippen LogP contribution in [0.1, 0.15) is 6.92 Å². The average Bonchev–Trinajstić information content (AvgIpc) is 2.35. The van der Waals surface area contributed by atoms with Crippen LogP contribution >= 0.6 is 0 Å². The maximum Gasteiger partial charge on any atom is 0.241 e. The van der Waals surface area contributed by atoms with E-state index in [1.807, 2.05) is 25.9 Å². The van der Waals surface area contributed by atoms with Gasteiger partial charge in [0.2, 0.25) is 11.9 Å². The fourth-order valence-electron chi connectivity index (χ4n) is 1.14. The molecular weight excluding hydrogens is 218 g/mol. The minimum Gasteiger partial charge on any atom is -0.361 e. The lowest BCUT2D eigenvalue weighted by atomic mass is 10.4. The topological polar surface area (TPSA) is 61.4 Å². The van der Waals surface area contributed by atoms with Crippen molar-refractivity contribution in [2.24, 2.45) is 0 Å². The van der Waals surface area contributed by atoms with Gasteiger partial charge in [-0.3, -0.25) is 4.79 Å². The van der Waals surface area contributed by atoms with Crippen molar-refractivity contribution >= 4 is 17.7 Å². The van der Waals surface area contributed by atoms with E-state index in [-0.39, 0.29) is 12.5 Å². The number of hydrogen-bond donors (Lipinski definition) is 1. The van der Waals surface area contributed by atoms with Gasteiger partial charge in [0.1, 0.15) is 5.82 Å². The van der Waals surface area contributed by atoms with Crippen LogP contribution in [-0.2, 0) is 4.79 Å². The Balaban J connectivity index is 2.57. The summed E-state index contributed by atoms with van der Waals surface area (Å²) in [5.41, 5.74) is 0. The predicted molar refractivity (Wildman–Crippen MR) is 68.2 cm³/mol. The Morgan fingerprint density at radius 3 is 2.71 bits per heavy atom. The monoisotopic (exact) mass is 237 g/mol. The number of aromatic nitrogens is 2. The summed E-state index contributed by atoms with van der Waals surface area (Å²) in [4.78, 5) is 23.4. The molecule has 1 heterocycles. The molecule has 1 N–H and O–H groups in total. The third-order valence-corrected chi connectivity index (χ3v) is 2.36. The van der Waals surface area contributed by atoms with Crippen molar-refractivity contribution in [3.8, 4) is 0 Å². The van der Waals surface area contributed by atoms with Crippen molar-refractivity contribution in [3.05, 3.63) is 12.3 Å². The Morgan fingerprint density at radius 2 is 2.12 bits per heavy atom. The molecule has 0 unspecified atom stereocenters. The standard InChI is InChI=1S/C11H19N5O/c1-5-16(4)10(17)8-13-9-6-7-12-11(14-9)15(2)3/h6-7H,5,8H2,1-4H3,(H,12,13,14). The van der Waals surface area contributed by atoms with Crippen LogP contribution in [0.25, 0.3) is 0 Å². The van der Waals surface area contributed by atoms with E-state index in [9.17, 15) is 4.79 Å². The van der Waals surface area contributed by atoms with Gasteiger partial charge in [-0.15, -0.1) is 0 Å². The maximum atomic E-state index is 11.6.